The van der Waals surface area contributed by atoms with Crippen LogP contribution in [0.4, 0.5) is 0 Å². The molecule has 2 atom stereocenters. The number of halogens is 1. The number of nitrogens with zero attached hydrogens (tertiary/aromatic N) is 2. The molecule has 168 valence electrons. The van der Waals surface area contributed by atoms with Gasteiger partial charge in [-0.3, -0.25) is 4.79 Å². The number of carboxylic acid groups (broad SMARTS) is 1. The van der Waals surface area contributed by atoms with E-state index in [1.807, 2.05) is 0 Å². The molecule has 1 amide bonds. The van der Waals surface area contributed by atoms with Crippen LogP contribution in [-0.2, 0) is 19.6 Å². The van der Waals surface area contributed by atoms with Crippen LogP contribution in [0.15, 0.2) is 41.3 Å². The van der Waals surface area contributed by atoms with E-state index in [1.165, 1.54) is 24.9 Å². The first-order valence-electron chi connectivity index (χ1n) is 9.93. The van der Waals surface area contributed by atoms with Crippen molar-refractivity contribution in [2.24, 2.45) is 5.41 Å². The minimum Gasteiger partial charge on any atom is -0.479 e. The van der Waals surface area contributed by atoms with Crippen molar-refractivity contribution < 1.29 is 23.1 Å². The lowest BCUT2D eigenvalue weighted by molar-refractivity contribution is -0.164. The van der Waals surface area contributed by atoms with Crippen molar-refractivity contribution in [2.75, 3.05) is 13.6 Å². The zero-order valence-corrected chi connectivity index (χ0v) is 19.8. The highest BCUT2D eigenvalue weighted by molar-refractivity contribution is 7.89. The van der Waals surface area contributed by atoms with Gasteiger partial charge in [0, 0.05) is 18.6 Å². The Morgan fingerprint density at radius 3 is 2.29 bits per heavy atom. The monoisotopic (exact) mass is 466 g/mol. The average molecular weight is 467 g/mol. The van der Waals surface area contributed by atoms with Crippen LogP contribution in [0.2, 0.25) is 5.02 Å². The molecule has 2 aromatic rings. The summed E-state index contributed by atoms with van der Waals surface area (Å²) in [6, 6.07) is 8.90. The second kappa shape index (κ2) is 7.76. The van der Waals surface area contributed by atoms with Crippen LogP contribution >= 0.6 is 11.6 Å². The molecular formula is C22H27ClN2O5S. The summed E-state index contributed by atoms with van der Waals surface area (Å²) >= 11 is 6.00. The number of fused-ring (bicyclic) bond motifs is 1. The van der Waals surface area contributed by atoms with Crippen molar-refractivity contribution in [3.63, 3.8) is 0 Å². The molecule has 2 aromatic carbocycles. The van der Waals surface area contributed by atoms with Gasteiger partial charge >= 0.3 is 5.97 Å². The second-order valence-corrected chi connectivity index (χ2v) is 11.5. The van der Waals surface area contributed by atoms with Gasteiger partial charge in [-0.05, 0) is 53.8 Å². The number of hydrogen-bond donors (Lipinski definition) is 1. The minimum absolute atomic E-state index is 0.0629. The van der Waals surface area contributed by atoms with Gasteiger partial charge in [0.15, 0.2) is 0 Å². The lowest BCUT2D eigenvalue weighted by Gasteiger charge is -2.45. The first kappa shape index (κ1) is 23.5. The summed E-state index contributed by atoms with van der Waals surface area (Å²) in [5, 5.41) is 12.0. The lowest BCUT2D eigenvalue weighted by Crippen LogP contribution is -2.62. The summed E-state index contributed by atoms with van der Waals surface area (Å²) in [7, 11) is -2.61. The van der Waals surface area contributed by atoms with Gasteiger partial charge in [-0.1, -0.05) is 44.5 Å². The fourth-order valence-corrected chi connectivity index (χ4v) is 5.54. The molecule has 7 nitrogen and oxygen atoms in total. The Labute approximate surface area is 187 Å². The number of likely N-dealkylation sites (tertiary alicyclic amines) is 1. The fourth-order valence-electron chi connectivity index (χ4n) is 3.98. The average Bonchev–Trinajstić information content (AvgIpc) is 3.06. The van der Waals surface area contributed by atoms with Crippen LogP contribution in [0.3, 0.4) is 0 Å². The maximum Gasteiger partial charge on any atom is 0.329 e. The Balaban J connectivity index is 1.94. The predicted molar refractivity (Wildman–Crippen MR) is 120 cm³/mol. The van der Waals surface area contributed by atoms with Crippen molar-refractivity contribution in [3.05, 3.63) is 41.4 Å². The number of benzene rings is 2. The maximum atomic E-state index is 13.3. The van der Waals surface area contributed by atoms with Gasteiger partial charge in [0.2, 0.25) is 15.9 Å². The van der Waals surface area contributed by atoms with Crippen molar-refractivity contribution in [1.29, 1.82) is 0 Å². The van der Waals surface area contributed by atoms with Gasteiger partial charge in [-0.25, -0.2) is 13.2 Å². The van der Waals surface area contributed by atoms with Crippen LogP contribution < -0.4 is 0 Å². The molecule has 1 aliphatic heterocycles. The highest BCUT2D eigenvalue weighted by atomic mass is 35.5. The zero-order valence-electron chi connectivity index (χ0n) is 18.2. The summed E-state index contributed by atoms with van der Waals surface area (Å²) < 4.78 is 27.6. The van der Waals surface area contributed by atoms with Crippen LogP contribution in [-0.4, -0.2) is 59.8 Å². The third kappa shape index (κ3) is 3.81. The van der Waals surface area contributed by atoms with E-state index in [-0.39, 0.29) is 17.9 Å². The summed E-state index contributed by atoms with van der Waals surface area (Å²) in [4.78, 5) is 26.7. The number of hydrogen-bond acceptors (Lipinski definition) is 4. The van der Waals surface area contributed by atoms with Gasteiger partial charge in [-0.2, -0.15) is 4.31 Å². The van der Waals surface area contributed by atoms with Crippen LogP contribution in [0.25, 0.3) is 10.8 Å². The number of sulfonamides is 1. The number of carbonyl (C=O) groups is 2. The molecule has 1 N–H and O–H groups in total. The second-order valence-electron chi connectivity index (χ2n) is 9.10. The maximum absolute atomic E-state index is 13.3. The van der Waals surface area contributed by atoms with Crippen LogP contribution in [0.1, 0.15) is 34.1 Å². The molecule has 0 bridgehead atoms. The molecule has 3 rings (SSSR count). The third-order valence-corrected chi connectivity index (χ3v) is 8.58. The van der Waals surface area contributed by atoms with Crippen molar-refractivity contribution in [3.8, 4) is 0 Å². The topological polar surface area (TPSA) is 95.0 Å². The number of rotatable bonds is 5. The normalized spacial score (nSPS) is 19.8. The Morgan fingerprint density at radius 1 is 1.13 bits per heavy atom. The number of carboxylic acids is 1. The van der Waals surface area contributed by atoms with E-state index in [2.05, 4.69) is 0 Å². The highest BCUT2D eigenvalue weighted by Crippen LogP contribution is 2.39. The molecule has 31 heavy (non-hydrogen) atoms. The van der Waals surface area contributed by atoms with E-state index in [0.717, 1.165) is 9.69 Å². The molecule has 0 radical (unpaired) electrons. The quantitative estimate of drug-likeness (QED) is 0.726. The summed E-state index contributed by atoms with van der Waals surface area (Å²) in [6.07, 6.45) is 0.219. The highest BCUT2D eigenvalue weighted by Gasteiger charge is 2.55. The van der Waals surface area contributed by atoms with Crippen LogP contribution in [0, 0.1) is 5.41 Å². The van der Waals surface area contributed by atoms with Crippen molar-refractivity contribution in [2.45, 2.75) is 50.6 Å². The molecule has 1 saturated heterocycles. The minimum atomic E-state index is -3.98. The zero-order chi connectivity index (χ0) is 23.4. The van der Waals surface area contributed by atoms with E-state index >= 15 is 0 Å². The Bertz CT molecular complexity index is 1160. The first-order chi connectivity index (χ1) is 14.2. The van der Waals surface area contributed by atoms with E-state index in [9.17, 15) is 23.1 Å². The summed E-state index contributed by atoms with van der Waals surface area (Å²) in [5.74, 6) is -1.62. The van der Waals surface area contributed by atoms with E-state index in [4.69, 9.17) is 11.6 Å². The molecule has 0 aromatic heterocycles. The molecule has 1 fully saturated rings. The molecular weight excluding hydrogens is 440 g/mol. The molecule has 1 heterocycles. The number of likely N-dealkylation sites (N-methyl/N-ethyl adjacent to an activating group) is 1. The molecule has 1 aliphatic rings. The van der Waals surface area contributed by atoms with E-state index < -0.39 is 38.9 Å². The Hall–Kier alpha value is -2.16. The fraction of sp³-hybridized carbons (Fsp3) is 0.455. The summed E-state index contributed by atoms with van der Waals surface area (Å²) in [6.45, 7) is 6.94. The number of carbonyl (C=O) groups excluding carboxylic acids is 1. The van der Waals surface area contributed by atoms with Gasteiger partial charge in [0.1, 0.15) is 11.6 Å². The largest absolute Gasteiger partial charge is 0.479 e. The molecule has 0 aliphatic carbocycles. The molecule has 0 saturated carbocycles. The van der Waals surface area contributed by atoms with E-state index in [1.54, 1.807) is 51.1 Å². The lowest BCUT2D eigenvalue weighted by atomic mass is 9.73. The van der Waals surface area contributed by atoms with Crippen molar-refractivity contribution >= 4 is 44.3 Å². The van der Waals surface area contributed by atoms with Gasteiger partial charge in [0.25, 0.3) is 0 Å². The molecule has 0 unspecified atom stereocenters. The third-order valence-electron chi connectivity index (χ3n) is 6.48. The molecule has 0 spiro atoms. The smallest absolute Gasteiger partial charge is 0.329 e. The number of amides is 1. The van der Waals surface area contributed by atoms with Crippen LogP contribution in [0.5, 0.6) is 0 Å². The van der Waals surface area contributed by atoms with Crippen molar-refractivity contribution in [1.82, 2.24) is 9.21 Å². The molecule has 9 heteroatoms. The first-order valence-corrected chi connectivity index (χ1v) is 11.8. The standard InChI is InChI=1S/C22H27ClN2O5S/c1-21(2,3)22(4,20(27)28)25-11-10-18(19(25)26)24(5)31(29,30)17-9-7-14-12-16(23)8-6-15(14)13-17/h6-9,12-13,18H,10-11H2,1-5H3,(H,27,28)/t18-,22+/m0/s1. The predicted octanol–water partition coefficient (Wildman–Crippen LogP) is 3.60. The van der Waals surface area contributed by atoms with E-state index in [0.29, 0.717) is 10.4 Å². The summed E-state index contributed by atoms with van der Waals surface area (Å²) in [5.41, 5.74) is -2.22. The van der Waals surface area contributed by atoms with Gasteiger partial charge in [-0.15, -0.1) is 0 Å². The van der Waals surface area contributed by atoms with Gasteiger partial charge < -0.3 is 10.0 Å². The SMILES string of the molecule is CN([C@H]1CCN([C@](C)(C(=O)O)C(C)(C)C)C1=O)S(=O)(=O)c1ccc2cc(Cl)ccc2c1. The van der Waals surface area contributed by atoms with Gasteiger partial charge in [0.05, 0.1) is 4.90 Å². The number of aliphatic carboxylic acids is 1. The Morgan fingerprint density at radius 2 is 1.71 bits per heavy atom. The Kier molecular flexibility index (Phi) is 5.88.